The first-order valence-corrected chi connectivity index (χ1v) is 31.4. The Balaban J connectivity index is 1.09. The van der Waals surface area contributed by atoms with Crippen molar-refractivity contribution < 1.29 is 23.0 Å². The van der Waals surface area contributed by atoms with Crippen LogP contribution in [0.25, 0.3) is 64.0 Å². The first-order valence-electron chi connectivity index (χ1n) is 31.4. The Morgan fingerprint density at radius 2 is 0.709 bits per heavy atom. The summed E-state index contributed by atoms with van der Waals surface area (Å²) in [4.78, 5) is 0. The first kappa shape index (κ1) is 62.2. The largest absolute Gasteiger partial charge is 0.494 e. The van der Waals surface area contributed by atoms with Gasteiger partial charge in [0.15, 0.2) is 0 Å². The monoisotopic (exact) mass is 1070 g/mol. The molecule has 0 saturated carbocycles. The highest BCUT2D eigenvalue weighted by Crippen LogP contribution is 2.35. The van der Waals surface area contributed by atoms with Crippen LogP contribution in [0.15, 0.2) is 100 Å². The standard InChI is InChI=1S/C70H98N4O5/c1-5-9-12-15-18-21-24-25-28-29-32-38-49-75-64-53-62(69-73-71-67(78-69)59-41-36-35-37-42-59)52-63(54-64)70-74-72-68(79-70)60-46-43-57(44-47-60)45-48-61-56-65(76-50-39-33-30-26-22-19-16-13-10-6-2)58(8-4)55-66(61)77-51-40-34-31-27-23-20-17-14-11-7-3/h8,35-37,41-48,52-56H,4-7,9-34,38-40,49-51H2,1-3H3/b48-45+. The number of ether oxygens (including phenoxy) is 3. The number of hydrogen-bond donors (Lipinski definition) is 0. The number of unbranched alkanes of at least 4 members (excludes halogenated alkanes) is 29. The molecule has 0 bridgehead atoms. The Labute approximate surface area is 476 Å². The third-order valence-corrected chi connectivity index (χ3v) is 15.0. The molecule has 2 heterocycles. The summed E-state index contributed by atoms with van der Waals surface area (Å²) in [5.74, 6) is 4.01. The molecule has 0 fully saturated rings. The minimum atomic E-state index is 0.373. The van der Waals surface area contributed by atoms with Crippen molar-refractivity contribution in [1.29, 1.82) is 0 Å². The maximum Gasteiger partial charge on any atom is 0.248 e. The van der Waals surface area contributed by atoms with Crippen LogP contribution < -0.4 is 14.2 Å². The Morgan fingerprint density at radius 3 is 1.13 bits per heavy atom. The summed E-state index contributed by atoms with van der Waals surface area (Å²) in [5, 5.41) is 17.8. The van der Waals surface area contributed by atoms with E-state index in [1.54, 1.807) is 0 Å². The number of aromatic nitrogens is 4. The van der Waals surface area contributed by atoms with Gasteiger partial charge in [-0.3, -0.25) is 0 Å². The van der Waals surface area contributed by atoms with E-state index < -0.39 is 0 Å². The number of hydrogen-bond acceptors (Lipinski definition) is 9. The third-order valence-electron chi connectivity index (χ3n) is 15.0. The van der Waals surface area contributed by atoms with E-state index in [0.29, 0.717) is 60.3 Å². The number of rotatable bonds is 45. The van der Waals surface area contributed by atoms with E-state index in [2.05, 4.69) is 84.2 Å². The van der Waals surface area contributed by atoms with Gasteiger partial charge in [0.25, 0.3) is 0 Å². The van der Waals surface area contributed by atoms with Gasteiger partial charge in [-0.05, 0) is 79.4 Å². The Hall–Kier alpha value is -5.96. The fourth-order valence-corrected chi connectivity index (χ4v) is 10.2. The van der Waals surface area contributed by atoms with E-state index in [1.807, 2.05) is 66.7 Å². The van der Waals surface area contributed by atoms with Crippen molar-refractivity contribution in [3.8, 4) is 63.1 Å². The molecular weight excluding hydrogens is 977 g/mol. The van der Waals surface area contributed by atoms with Crippen LogP contribution in [-0.4, -0.2) is 40.2 Å². The summed E-state index contributed by atoms with van der Waals surface area (Å²) >= 11 is 0. The van der Waals surface area contributed by atoms with Gasteiger partial charge in [0, 0.05) is 33.4 Å². The fraction of sp³-hybridized carbons (Fsp3) is 0.543. The minimum Gasteiger partial charge on any atom is -0.494 e. The van der Waals surface area contributed by atoms with Gasteiger partial charge in [0.2, 0.25) is 23.6 Å². The highest BCUT2D eigenvalue weighted by Gasteiger charge is 2.18. The van der Waals surface area contributed by atoms with E-state index in [0.717, 1.165) is 65.0 Å². The van der Waals surface area contributed by atoms with Gasteiger partial charge in [-0.2, -0.15) is 0 Å². The van der Waals surface area contributed by atoms with Crippen molar-refractivity contribution in [1.82, 2.24) is 20.4 Å². The van der Waals surface area contributed by atoms with Crippen LogP contribution in [0.3, 0.4) is 0 Å². The van der Waals surface area contributed by atoms with Crippen molar-refractivity contribution >= 4 is 18.2 Å². The molecule has 0 amide bonds. The van der Waals surface area contributed by atoms with E-state index in [1.165, 1.54) is 180 Å². The fourth-order valence-electron chi connectivity index (χ4n) is 10.2. The van der Waals surface area contributed by atoms with E-state index in [-0.39, 0.29) is 0 Å². The molecule has 0 aliphatic rings. The lowest BCUT2D eigenvalue weighted by Crippen LogP contribution is -2.03. The Kier molecular flexibility index (Phi) is 30.4. The zero-order valence-electron chi connectivity index (χ0n) is 49.1. The molecule has 0 aliphatic heterocycles. The van der Waals surface area contributed by atoms with Crippen molar-refractivity contribution in [2.45, 2.75) is 226 Å². The van der Waals surface area contributed by atoms with Gasteiger partial charge < -0.3 is 23.0 Å². The molecule has 0 N–H and O–H groups in total. The zero-order valence-corrected chi connectivity index (χ0v) is 49.1. The minimum absolute atomic E-state index is 0.373. The maximum absolute atomic E-state index is 6.54. The second kappa shape index (κ2) is 38.6. The number of nitrogens with zero attached hydrogens (tertiary/aromatic N) is 4. The maximum atomic E-state index is 6.54. The Bertz CT molecular complexity index is 2560. The molecule has 0 saturated heterocycles. The van der Waals surface area contributed by atoms with Crippen molar-refractivity contribution in [2.75, 3.05) is 19.8 Å². The summed E-state index contributed by atoms with van der Waals surface area (Å²) < 4.78 is 32.0. The molecular formula is C70H98N4O5. The molecule has 6 rings (SSSR count). The van der Waals surface area contributed by atoms with Gasteiger partial charge in [-0.1, -0.05) is 262 Å². The normalized spacial score (nSPS) is 11.5. The summed E-state index contributed by atoms with van der Waals surface area (Å²) in [5.41, 5.74) is 6.07. The number of benzene rings is 4. The van der Waals surface area contributed by atoms with Gasteiger partial charge in [0.1, 0.15) is 17.2 Å². The van der Waals surface area contributed by atoms with Gasteiger partial charge in [-0.15, -0.1) is 20.4 Å². The lowest BCUT2D eigenvalue weighted by atomic mass is 10.1. The predicted molar refractivity (Wildman–Crippen MR) is 331 cm³/mol. The molecule has 9 nitrogen and oxygen atoms in total. The van der Waals surface area contributed by atoms with Crippen LogP contribution >= 0.6 is 0 Å². The molecule has 4 aromatic carbocycles. The summed E-state index contributed by atoms with van der Waals surface area (Å²) in [6, 6.07) is 28.0. The molecule has 6 aromatic rings. The molecule has 0 spiro atoms. The average molecular weight is 1080 g/mol. The van der Waals surface area contributed by atoms with E-state index in [9.17, 15) is 0 Å². The molecule has 9 heteroatoms. The molecule has 428 valence electrons. The molecule has 0 unspecified atom stereocenters. The molecule has 0 aliphatic carbocycles. The SMILES string of the molecule is C=Cc1cc(OCCCCCCCCCCCC)c(/C=C/c2ccc(-c3nnc(-c4cc(OCCCCCCCCCCCCCC)cc(-c5nnc(-c6ccccc6)o5)c4)o3)cc2)cc1OCCCCCCCCCCCC. The molecule has 0 atom stereocenters. The summed E-state index contributed by atoms with van der Waals surface area (Å²) in [6.07, 6.45) is 47.4. The van der Waals surface area contributed by atoms with E-state index in [4.69, 9.17) is 23.0 Å². The lowest BCUT2D eigenvalue weighted by Gasteiger charge is -2.15. The Morgan fingerprint density at radius 1 is 0.354 bits per heavy atom. The highest BCUT2D eigenvalue weighted by atomic mass is 16.5. The second-order valence-electron chi connectivity index (χ2n) is 21.8. The van der Waals surface area contributed by atoms with Gasteiger partial charge in [0.05, 0.1) is 19.8 Å². The van der Waals surface area contributed by atoms with Crippen LogP contribution in [-0.2, 0) is 0 Å². The molecule has 2 aromatic heterocycles. The van der Waals surface area contributed by atoms with Crippen LogP contribution in [0.2, 0.25) is 0 Å². The quantitative estimate of drug-likeness (QED) is 0.0273. The summed E-state index contributed by atoms with van der Waals surface area (Å²) in [7, 11) is 0. The second-order valence-corrected chi connectivity index (χ2v) is 21.8. The van der Waals surface area contributed by atoms with E-state index >= 15 is 0 Å². The topological polar surface area (TPSA) is 106 Å². The highest BCUT2D eigenvalue weighted by molar-refractivity contribution is 5.76. The summed E-state index contributed by atoms with van der Waals surface area (Å²) in [6.45, 7) is 13.0. The smallest absolute Gasteiger partial charge is 0.248 e. The van der Waals surface area contributed by atoms with Gasteiger partial charge in [-0.25, -0.2) is 0 Å². The van der Waals surface area contributed by atoms with Crippen LogP contribution in [0.5, 0.6) is 17.2 Å². The van der Waals surface area contributed by atoms with Crippen LogP contribution in [0.4, 0.5) is 0 Å². The van der Waals surface area contributed by atoms with Crippen molar-refractivity contribution in [3.63, 3.8) is 0 Å². The molecule has 79 heavy (non-hydrogen) atoms. The van der Waals surface area contributed by atoms with Crippen molar-refractivity contribution in [2.24, 2.45) is 0 Å². The first-order chi connectivity index (χ1) is 39.1. The molecule has 0 radical (unpaired) electrons. The van der Waals surface area contributed by atoms with Crippen molar-refractivity contribution in [3.05, 3.63) is 108 Å². The average Bonchev–Trinajstić information content (AvgIpc) is 4.27. The zero-order chi connectivity index (χ0) is 55.2. The van der Waals surface area contributed by atoms with Crippen LogP contribution in [0.1, 0.15) is 243 Å². The third kappa shape index (κ3) is 23.7. The lowest BCUT2D eigenvalue weighted by molar-refractivity contribution is 0.295. The van der Waals surface area contributed by atoms with Gasteiger partial charge >= 0.3 is 0 Å². The van der Waals surface area contributed by atoms with Crippen LogP contribution in [0, 0.1) is 0 Å². The predicted octanol–water partition coefficient (Wildman–Crippen LogP) is 21.6.